The number of nitrogens with one attached hydrogen (secondary N) is 1. The third-order valence-corrected chi connectivity index (χ3v) is 5.91. The molecule has 0 radical (unpaired) electrons. The van der Waals surface area contributed by atoms with Crippen molar-refractivity contribution in [3.05, 3.63) is 61.0 Å². The van der Waals surface area contributed by atoms with Gasteiger partial charge < -0.3 is 5.32 Å². The van der Waals surface area contributed by atoms with Gasteiger partial charge in [-0.25, -0.2) is 4.98 Å². The van der Waals surface area contributed by atoms with E-state index in [0.717, 1.165) is 29.7 Å². The molecule has 0 fully saturated rings. The van der Waals surface area contributed by atoms with Crippen LogP contribution in [-0.2, 0) is 24.2 Å². The van der Waals surface area contributed by atoms with E-state index in [2.05, 4.69) is 10.3 Å². The number of carbonyl (C=O) groups excluding carboxylic acids is 1. The minimum Gasteiger partial charge on any atom is -0.324 e. The van der Waals surface area contributed by atoms with Crippen LogP contribution in [0.2, 0.25) is 0 Å². The van der Waals surface area contributed by atoms with Crippen LogP contribution in [-0.4, -0.2) is 20.4 Å². The van der Waals surface area contributed by atoms with Crippen LogP contribution in [0.25, 0.3) is 10.2 Å². The Morgan fingerprint density at radius 1 is 1.41 bits per heavy atom. The average molecular weight is 384 g/mol. The van der Waals surface area contributed by atoms with Gasteiger partial charge in [-0.3, -0.25) is 24.3 Å². The van der Waals surface area contributed by atoms with E-state index in [4.69, 9.17) is 0 Å². The van der Waals surface area contributed by atoms with Crippen molar-refractivity contribution in [1.29, 1.82) is 0 Å². The van der Waals surface area contributed by atoms with Crippen LogP contribution in [0, 0.1) is 17.0 Å². The number of nitro benzene ring substituents is 1. The summed E-state index contributed by atoms with van der Waals surface area (Å²) in [5, 5.41) is 14.2. The van der Waals surface area contributed by atoms with E-state index in [1.54, 1.807) is 24.3 Å². The number of nitro groups is 1. The predicted octanol–water partition coefficient (Wildman–Crippen LogP) is 2.80. The Kier molecular flexibility index (Phi) is 4.23. The summed E-state index contributed by atoms with van der Waals surface area (Å²) in [5.41, 5.74) is 1.80. The van der Waals surface area contributed by atoms with Crippen molar-refractivity contribution in [3.63, 3.8) is 0 Å². The summed E-state index contributed by atoms with van der Waals surface area (Å²) in [4.78, 5) is 41.9. The van der Waals surface area contributed by atoms with Crippen molar-refractivity contribution in [2.75, 3.05) is 5.32 Å². The molecule has 27 heavy (non-hydrogen) atoms. The van der Waals surface area contributed by atoms with Crippen LogP contribution < -0.4 is 10.9 Å². The van der Waals surface area contributed by atoms with Crippen molar-refractivity contribution in [3.8, 4) is 0 Å². The lowest BCUT2D eigenvalue weighted by atomic mass is 10.2. The summed E-state index contributed by atoms with van der Waals surface area (Å²) in [6.07, 6.45) is 4.27. The molecule has 0 saturated heterocycles. The van der Waals surface area contributed by atoms with Crippen molar-refractivity contribution >= 4 is 38.8 Å². The van der Waals surface area contributed by atoms with Gasteiger partial charge in [-0.05, 0) is 37.3 Å². The predicted molar refractivity (Wildman–Crippen MR) is 102 cm³/mol. The van der Waals surface area contributed by atoms with Gasteiger partial charge in [0.25, 0.3) is 11.2 Å². The maximum absolute atomic E-state index is 12.8. The first kappa shape index (κ1) is 17.3. The highest BCUT2D eigenvalue weighted by Crippen LogP contribution is 2.34. The Hall–Kier alpha value is -3.07. The molecule has 2 heterocycles. The summed E-state index contributed by atoms with van der Waals surface area (Å²) in [6, 6.07) is 4.26. The molecule has 4 rings (SSSR count). The van der Waals surface area contributed by atoms with Crippen molar-refractivity contribution in [2.24, 2.45) is 0 Å². The van der Waals surface area contributed by atoms with E-state index >= 15 is 0 Å². The van der Waals surface area contributed by atoms with Gasteiger partial charge in [-0.1, -0.05) is 6.07 Å². The summed E-state index contributed by atoms with van der Waals surface area (Å²) >= 11 is 1.55. The highest BCUT2D eigenvalue weighted by Gasteiger charge is 2.22. The molecule has 1 aliphatic carbocycles. The van der Waals surface area contributed by atoms with Crippen LogP contribution in [0.1, 0.15) is 22.4 Å². The molecule has 2 aromatic heterocycles. The standard InChI is InChI=1S/C18H16N4O4S/c1-10-5-6-11(22(25)26)7-13(10)20-15(23)8-21-9-19-17-16(18(21)24)12-3-2-4-14(12)27-17/h5-7,9H,2-4,8H2,1H3,(H,20,23). The molecule has 0 atom stereocenters. The highest BCUT2D eigenvalue weighted by atomic mass is 32.1. The Morgan fingerprint density at radius 3 is 3.00 bits per heavy atom. The smallest absolute Gasteiger partial charge is 0.271 e. The monoisotopic (exact) mass is 384 g/mol. The quantitative estimate of drug-likeness (QED) is 0.550. The number of rotatable bonds is 4. The molecule has 1 aliphatic rings. The number of non-ortho nitro benzene ring substituents is 1. The number of amides is 1. The Labute approximate surface area is 157 Å². The molecule has 0 unspecified atom stereocenters. The number of thiophene rings is 1. The molecule has 0 aliphatic heterocycles. The number of benzene rings is 1. The summed E-state index contributed by atoms with van der Waals surface area (Å²) < 4.78 is 1.29. The third-order valence-electron chi connectivity index (χ3n) is 4.71. The van der Waals surface area contributed by atoms with Gasteiger partial charge in [0.2, 0.25) is 5.91 Å². The second-order valence-electron chi connectivity index (χ2n) is 6.52. The largest absolute Gasteiger partial charge is 0.324 e. The minimum atomic E-state index is -0.519. The van der Waals surface area contributed by atoms with Gasteiger partial charge in [-0.2, -0.15) is 0 Å². The fourth-order valence-corrected chi connectivity index (χ4v) is 4.55. The second kappa shape index (κ2) is 6.58. The fourth-order valence-electron chi connectivity index (χ4n) is 3.33. The number of carbonyl (C=O) groups is 1. The first-order valence-corrected chi connectivity index (χ1v) is 9.30. The second-order valence-corrected chi connectivity index (χ2v) is 7.60. The van der Waals surface area contributed by atoms with E-state index in [-0.39, 0.29) is 17.8 Å². The topological polar surface area (TPSA) is 107 Å². The number of anilines is 1. The molecule has 9 heteroatoms. The molecule has 1 N–H and O–H groups in total. The zero-order valence-corrected chi connectivity index (χ0v) is 15.3. The van der Waals surface area contributed by atoms with Crippen LogP contribution >= 0.6 is 11.3 Å². The van der Waals surface area contributed by atoms with Gasteiger partial charge in [0.05, 0.1) is 22.3 Å². The number of nitrogens with zero attached hydrogens (tertiary/aromatic N) is 3. The van der Waals surface area contributed by atoms with Crippen LogP contribution in [0.5, 0.6) is 0 Å². The van der Waals surface area contributed by atoms with Crippen LogP contribution in [0.3, 0.4) is 0 Å². The molecule has 1 amide bonds. The first-order valence-electron chi connectivity index (χ1n) is 8.48. The normalized spacial score (nSPS) is 12.9. The molecule has 138 valence electrons. The number of fused-ring (bicyclic) bond motifs is 3. The molecular formula is C18H16N4O4S. The lowest BCUT2D eigenvalue weighted by Gasteiger charge is -2.09. The molecule has 1 aromatic carbocycles. The zero-order chi connectivity index (χ0) is 19.1. The van der Waals surface area contributed by atoms with Crippen LogP contribution in [0.15, 0.2) is 29.3 Å². The van der Waals surface area contributed by atoms with Gasteiger partial charge >= 0.3 is 0 Å². The van der Waals surface area contributed by atoms with Gasteiger partial charge in [0.15, 0.2) is 0 Å². The lowest BCUT2D eigenvalue weighted by molar-refractivity contribution is -0.384. The van der Waals surface area contributed by atoms with Crippen molar-refractivity contribution < 1.29 is 9.72 Å². The lowest BCUT2D eigenvalue weighted by Crippen LogP contribution is -2.28. The number of hydrogen-bond donors (Lipinski definition) is 1. The van der Waals surface area contributed by atoms with Crippen LogP contribution in [0.4, 0.5) is 11.4 Å². The zero-order valence-electron chi connectivity index (χ0n) is 14.5. The highest BCUT2D eigenvalue weighted by molar-refractivity contribution is 7.18. The van der Waals surface area contributed by atoms with Gasteiger partial charge in [0.1, 0.15) is 11.4 Å². The first-order chi connectivity index (χ1) is 12.9. The Balaban J connectivity index is 1.60. The molecule has 0 bridgehead atoms. The summed E-state index contributed by atoms with van der Waals surface area (Å²) in [6.45, 7) is 1.54. The average Bonchev–Trinajstić information content (AvgIpc) is 3.20. The summed E-state index contributed by atoms with van der Waals surface area (Å²) in [5.74, 6) is -0.436. The molecule has 0 saturated carbocycles. The van der Waals surface area contributed by atoms with E-state index < -0.39 is 10.8 Å². The number of aromatic nitrogens is 2. The van der Waals surface area contributed by atoms with E-state index in [9.17, 15) is 19.7 Å². The molecule has 3 aromatic rings. The Bertz CT molecular complexity index is 1150. The molecular weight excluding hydrogens is 368 g/mol. The maximum Gasteiger partial charge on any atom is 0.271 e. The van der Waals surface area contributed by atoms with Crippen molar-refractivity contribution in [2.45, 2.75) is 32.7 Å². The fraction of sp³-hybridized carbons (Fsp3) is 0.278. The maximum atomic E-state index is 12.8. The van der Waals surface area contributed by atoms with E-state index in [1.165, 1.54) is 27.9 Å². The molecule has 0 spiro atoms. The number of aryl methyl sites for hydroxylation is 3. The summed E-state index contributed by atoms with van der Waals surface area (Å²) in [7, 11) is 0. The minimum absolute atomic E-state index is 0.106. The van der Waals surface area contributed by atoms with Gasteiger partial charge in [-0.15, -0.1) is 11.3 Å². The third kappa shape index (κ3) is 3.10. The molecule has 8 nitrogen and oxygen atoms in total. The Morgan fingerprint density at radius 2 is 2.22 bits per heavy atom. The van der Waals surface area contributed by atoms with Crippen molar-refractivity contribution in [1.82, 2.24) is 9.55 Å². The SMILES string of the molecule is Cc1ccc([N+](=O)[O-])cc1NC(=O)Cn1cnc2sc3c(c2c1=O)CCC3. The van der Waals surface area contributed by atoms with Gasteiger partial charge in [0, 0.05) is 17.0 Å². The van der Waals surface area contributed by atoms with E-state index in [1.807, 2.05) is 0 Å². The number of hydrogen-bond acceptors (Lipinski definition) is 6. The van der Waals surface area contributed by atoms with E-state index in [0.29, 0.717) is 16.6 Å².